The van der Waals surface area contributed by atoms with E-state index < -0.39 is 0 Å². The van der Waals surface area contributed by atoms with Crippen LogP contribution in [0.4, 0.5) is 0 Å². The molecule has 0 aliphatic rings. The number of benzene rings is 2. The van der Waals surface area contributed by atoms with E-state index in [0.29, 0.717) is 17.0 Å². The lowest BCUT2D eigenvalue weighted by molar-refractivity contribution is 0.0997. The van der Waals surface area contributed by atoms with E-state index in [4.69, 9.17) is 4.74 Å². The summed E-state index contributed by atoms with van der Waals surface area (Å²) in [6.07, 6.45) is 0. The Labute approximate surface area is 170 Å². The van der Waals surface area contributed by atoms with Gasteiger partial charge in [0.05, 0.1) is 17.9 Å². The van der Waals surface area contributed by atoms with E-state index >= 15 is 0 Å². The molecule has 6 heteroatoms. The fourth-order valence-corrected chi connectivity index (χ4v) is 4.34. The van der Waals surface area contributed by atoms with E-state index in [2.05, 4.69) is 27.6 Å². The quantitative estimate of drug-likeness (QED) is 0.506. The van der Waals surface area contributed by atoms with Gasteiger partial charge in [-0.15, -0.1) is 11.3 Å². The highest BCUT2D eigenvalue weighted by Gasteiger charge is 2.13. The van der Waals surface area contributed by atoms with Crippen LogP contribution in [0.15, 0.2) is 53.5 Å². The highest BCUT2D eigenvalue weighted by atomic mass is 127. The molecule has 0 spiro atoms. The van der Waals surface area contributed by atoms with Gasteiger partial charge in [-0.1, -0.05) is 12.1 Å². The molecule has 0 bridgehead atoms. The minimum Gasteiger partial charge on any atom is -0.494 e. The molecule has 0 aliphatic heterocycles. The third-order valence-electron chi connectivity index (χ3n) is 3.94. The van der Waals surface area contributed by atoms with Gasteiger partial charge < -0.3 is 9.30 Å². The van der Waals surface area contributed by atoms with Gasteiger partial charge in [-0.3, -0.25) is 4.79 Å². The smallest absolute Gasteiger partial charge is 0.280 e. The average Bonchev–Trinajstić information content (AvgIpc) is 2.90. The summed E-state index contributed by atoms with van der Waals surface area (Å²) >= 11 is 3.68. The summed E-state index contributed by atoms with van der Waals surface area (Å²) in [4.78, 5) is 18.7. The molecule has 26 heavy (non-hydrogen) atoms. The maximum absolute atomic E-state index is 12.6. The van der Waals surface area contributed by atoms with Crippen molar-refractivity contribution in [2.75, 3.05) is 6.61 Å². The van der Waals surface area contributed by atoms with Crippen LogP contribution in [0.2, 0.25) is 0 Å². The number of hydrogen-bond acceptors (Lipinski definition) is 3. The molecule has 0 aliphatic carbocycles. The molecule has 2 aromatic carbocycles. The predicted molar refractivity (Wildman–Crippen MR) is 114 cm³/mol. The minimum absolute atomic E-state index is 0.218. The van der Waals surface area contributed by atoms with Crippen LogP contribution in [0, 0.1) is 10.5 Å². The van der Waals surface area contributed by atoms with E-state index in [1.807, 2.05) is 67.9 Å². The highest BCUT2D eigenvalue weighted by Crippen LogP contribution is 2.26. The first-order valence-corrected chi connectivity index (χ1v) is 10.1. The van der Waals surface area contributed by atoms with Gasteiger partial charge in [0.2, 0.25) is 0 Å². The summed E-state index contributed by atoms with van der Waals surface area (Å²) in [5.41, 5.74) is 2.77. The lowest BCUT2D eigenvalue weighted by Crippen LogP contribution is -2.14. The second-order valence-electron chi connectivity index (χ2n) is 5.70. The summed E-state index contributed by atoms with van der Waals surface area (Å²) in [6, 6.07) is 15.5. The molecule has 0 N–H and O–H groups in total. The predicted octanol–water partition coefficient (Wildman–Crippen LogP) is 4.81. The van der Waals surface area contributed by atoms with Gasteiger partial charge in [0.15, 0.2) is 4.80 Å². The number of hydrogen-bond donors (Lipinski definition) is 0. The first kappa shape index (κ1) is 18.8. The van der Waals surface area contributed by atoms with Crippen molar-refractivity contribution in [3.63, 3.8) is 0 Å². The Morgan fingerprint density at radius 3 is 2.54 bits per heavy atom. The number of ether oxygens (including phenoxy) is 1. The Hall–Kier alpha value is -1.93. The second-order valence-corrected chi connectivity index (χ2v) is 8.05. The Bertz CT molecular complexity index is 1000. The van der Waals surface area contributed by atoms with Gasteiger partial charge in [0.1, 0.15) is 5.75 Å². The van der Waals surface area contributed by atoms with Gasteiger partial charge in [-0.05, 0) is 78.4 Å². The van der Waals surface area contributed by atoms with Gasteiger partial charge in [-0.25, -0.2) is 0 Å². The molecule has 0 unspecified atom stereocenters. The molecule has 1 heterocycles. The molecule has 4 nitrogen and oxygen atoms in total. The van der Waals surface area contributed by atoms with Crippen molar-refractivity contribution in [1.82, 2.24) is 4.57 Å². The highest BCUT2D eigenvalue weighted by molar-refractivity contribution is 14.1. The van der Waals surface area contributed by atoms with Crippen LogP contribution in [0.25, 0.3) is 11.3 Å². The molecule has 3 rings (SSSR count). The van der Waals surface area contributed by atoms with Crippen molar-refractivity contribution in [3.05, 3.63) is 67.3 Å². The largest absolute Gasteiger partial charge is 0.494 e. The molecule has 134 valence electrons. The zero-order chi connectivity index (χ0) is 18.7. The summed E-state index contributed by atoms with van der Waals surface area (Å²) in [7, 11) is 1.94. The maximum Gasteiger partial charge on any atom is 0.280 e. The van der Waals surface area contributed by atoms with E-state index in [0.717, 1.165) is 25.5 Å². The molecule has 1 amide bonds. The molecule has 0 saturated heterocycles. The molecule has 0 fully saturated rings. The van der Waals surface area contributed by atoms with E-state index in [-0.39, 0.29) is 5.91 Å². The molecule has 0 saturated carbocycles. The third kappa shape index (κ3) is 3.91. The number of aromatic nitrogens is 1. The van der Waals surface area contributed by atoms with Crippen LogP contribution in [-0.2, 0) is 7.05 Å². The summed E-state index contributed by atoms with van der Waals surface area (Å²) < 4.78 is 8.39. The van der Waals surface area contributed by atoms with Crippen LogP contribution in [-0.4, -0.2) is 17.1 Å². The number of carbonyl (C=O) groups is 1. The fourth-order valence-electron chi connectivity index (χ4n) is 2.74. The summed E-state index contributed by atoms with van der Waals surface area (Å²) in [5, 5.41) is 0. The first-order chi connectivity index (χ1) is 12.5. The Balaban J connectivity index is 2.00. The zero-order valence-corrected chi connectivity index (χ0v) is 17.8. The number of halogens is 1. The van der Waals surface area contributed by atoms with Crippen LogP contribution >= 0.6 is 33.9 Å². The molecule has 0 atom stereocenters. The Kier molecular flexibility index (Phi) is 5.93. The van der Waals surface area contributed by atoms with E-state index in [1.54, 1.807) is 6.07 Å². The van der Waals surface area contributed by atoms with Gasteiger partial charge in [0.25, 0.3) is 5.91 Å². The van der Waals surface area contributed by atoms with Crippen LogP contribution in [0.3, 0.4) is 0 Å². The van der Waals surface area contributed by atoms with Crippen molar-refractivity contribution in [1.29, 1.82) is 0 Å². The number of thiazole rings is 1. The summed E-state index contributed by atoms with van der Waals surface area (Å²) in [5.74, 6) is 0.635. The number of aryl methyl sites for hydroxylation is 1. The number of rotatable bonds is 4. The first-order valence-electron chi connectivity index (χ1n) is 8.24. The maximum atomic E-state index is 12.6. The van der Waals surface area contributed by atoms with Crippen molar-refractivity contribution >= 4 is 39.8 Å². The van der Waals surface area contributed by atoms with Crippen LogP contribution < -0.4 is 9.54 Å². The third-order valence-corrected chi connectivity index (χ3v) is 5.93. The van der Waals surface area contributed by atoms with Gasteiger partial charge in [0, 0.05) is 15.5 Å². The topological polar surface area (TPSA) is 43.6 Å². The van der Waals surface area contributed by atoms with Crippen LogP contribution in [0.1, 0.15) is 22.2 Å². The van der Waals surface area contributed by atoms with E-state index in [9.17, 15) is 4.79 Å². The zero-order valence-electron chi connectivity index (χ0n) is 14.8. The monoisotopic (exact) mass is 478 g/mol. The average molecular weight is 478 g/mol. The van der Waals surface area contributed by atoms with Gasteiger partial charge >= 0.3 is 0 Å². The Morgan fingerprint density at radius 2 is 1.88 bits per heavy atom. The standard InChI is InChI=1S/C20H19IN2O2S/c1-4-25-15-11-9-14(10-12-15)18-13(2)26-20(23(18)3)22-19(24)16-7-5-6-8-17(16)21/h5-12H,4H2,1-3H3. The minimum atomic E-state index is -0.218. The van der Waals surface area contributed by atoms with Crippen molar-refractivity contribution in [2.24, 2.45) is 12.0 Å². The fraction of sp³-hybridized carbons (Fsp3) is 0.200. The van der Waals surface area contributed by atoms with Crippen molar-refractivity contribution in [2.45, 2.75) is 13.8 Å². The van der Waals surface area contributed by atoms with Crippen LogP contribution in [0.5, 0.6) is 5.75 Å². The molecule has 3 aromatic rings. The molecular formula is C20H19IN2O2S. The SMILES string of the molecule is CCOc1ccc(-c2c(C)sc(=NC(=O)c3ccccc3I)n2C)cc1. The normalized spacial score (nSPS) is 11.6. The van der Waals surface area contributed by atoms with Crippen molar-refractivity contribution in [3.8, 4) is 17.0 Å². The lowest BCUT2D eigenvalue weighted by atomic mass is 10.1. The van der Waals surface area contributed by atoms with Gasteiger partial charge in [-0.2, -0.15) is 4.99 Å². The Morgan fingerprint density at radius 1 is 1.19 bits per heavy atom. The molecular weight excluding hydrogens is 459 g/mol. The van der Waals surface area contributed by atoms with E-state index in [1.165, 1.54) is 11.3 Å². The molecule has 0 radical (unpaired) electrons. The van der Waals surface area contributed by atoms with Crippen molar-refractivity contribution < 1.29 is 9.53 Å². The number of amides is 1. The summed E-state index contributed by atoms with van der Waals surface area (Å²) in [6.45, 7) is 4.66. The number of carbonyl (C=O) groups excluding carboxylic acids is 1. The number of nitrogens with zero attached hydrogens (tertiary/aromatic N) is 2. The second kappa shape index (κ2) is 8.18. The lowest BCUT2D eigenvalue weighted by Gasteiger charge is -2.07. The molecule has 1 aromatic heterocycles.